The first kappa shape index (κ1) is 31.8. The molecule has 0 unspecified atom stereocenters. The number of alkyl halides is 4. The second-order valence-electron chi connectivity index (χ2n) is 9.90. The van der Waals surface area contributed by atoms with E-state index in [0.717, 1.165) is 82.5 Å². The molecule has 2 saturated heterocycles. The molecule has 0 radical (unpaired) electrons. The summed E-state index contributed by atoms with van der Waals surface area (Å²) in [6.45, 7) is 4.93. The molecule has 2 fully saturated rings. The first-order valence-corrected chi connectivity index (χ1v) is 14.4. The average Bonchev–Trinajstić information content (AvgIpc) is 2.92. The quantitative estimate of drug-likeness (QED) is 0.272. The van der Waals surface area contributed by atoms with Gasteiger partial charge >= 0.3 is 13.2 Å². The van der Waals surface area contributed by atoms with Crippen LogP contribution in [-0.4, -0.2) is 62.3 Å². The Hall–Kier alpha value is -1.74. The number of halogens is 6. The molecule has 0 aliphatic carbocycles. The summed E-state index contributed by atoms with van der Waals surface area (Å²) in [6, 6.07) is 10.3. The summed E-state index contributed by atoms with van der Waals surface area (Å²) in [5.74, 6) is 0.815. The number of hydrogen-bond acceptors (Lipinski definition) is 4. The molecule has 2 heterocycles. The molecule has 2 aliphatic heterocycles. The van der Waals surface area contributed by atoms with Gasteiger partial charge in [-0.05, 0) is 106 Å². The molecule has 2 aromatic carbocycles. The molecule has 0 bridgehead atoms. The third-order valence-electron chi connectivity index (χ3n) is 7.46. The zero-order chi connectivity index (χ0) is 28.4. The van der Waals surface area contributed by atoms with Gasteiger partial charge in [0.1, 0.15) is 11.5 Å². The monoisotopic (exact) mass is 592 g/mol. The van der Waals surface area contributed by atoms with Gasteiger partial charge in [0, 0.05) is 0 Å². The number of nitrogens with zero attached hydrogens (tertiary/aromatic N) is 2. The van der Waals surface area contributed by atoms with Crippen LogP contribution in [0.5, 0.6) is 11.5 Å². The maximum atomic E-state index is 12.3. The normalized spacial score (nSPS) is 17.8. The van der Waals surface area contributed by atoms with E-state index < -0.39 is 13.2 Å². The van der Waals surface area contributed by atoms with E-state index in [-0.39, 0.29) is 11.5 Å². The minimum absolute atomic E-state index is 0.0760. The van der Waals surface area contributed by atoms with Crippen molar-refractivity contribution in [3.63, 3.8) is 0 Å². The van der Waals surface area contributed by atoms with Gasteiger partial charge in [-0.3, -0.25) is 0 Å². The van der Waals surface area contributed by atoms with E-state index in [0.29, 0.717) is 21.9 Å². The van der Waals surface area contributed by atoms with Crippen molar-refractivity contribution in [2.45, 2.75) is 71.0 Å². The summed E-state index contributed by atoms with van der Waals surface area (Å²) in [7, 11) is 0. The maximum absolute atomic E-state index is 12.3. The van der Waals surface area contributed by atoms with Crippen LogP contribution in [0.15, 0.2) is 36.4 Å². The van der Waals surface area contributed by atoms with Gasteiger partial charge in [0.25, 0.3) is 0 Å². The highest BCUT2D eigenvalue weighted by Gasteiger charge is 2.25. The lowest BCUT2D eigenvalue weighted by Gasteiger charge is -2.32. The van der Waals surface area contributed by atoms with Crippen LogP contribution in [-0.2, 0) is 0 Å². The molecule has 218 valence electrons. The Morgan fingerprint density at radius 1 is 0.718 bits per heavy atom. The number of ether oxygens (including phenoxy) is 2. The van der Waals surface area contributed by atoms with Crippen LogP contribution in [0.1, 0.15) is 68.9 Å². The molecule has 2 aliphatic rings. The fourth-order valence-corrected chi connectivity index (χ4v) is 6.05. The van der Waals surface area contributed by atoms with Crippen LogP contribution in [0.25, 0.3) is 0 Å². The summed E-state index contributed by atoms with van der Waals surface area (Å²) in [5, 5.41) is 0.666. The summed E-state index contributed by atoms with van der Waals surface area (Å²) in [5.41, 5.74) is 1.86. The van der Waals surface area contributed by atoms with Crippen molar-refractivity contribution in [3.05, 3.63) is 57.6 Å². The van der Waals surface area contributed by atoms with Crippen molar-refractivity contribution in [2.24, 2.45) is 0 Å². The highest BCUT2D eigenvalue weighted by molar-refractivity contribution is 6.33. The SMILES string of the molecule is CCCN1CCC(c2cccc(OC(F)F)c2Cl)CC1.CCN1CCC(c2cccc(OC(F)F)c2Cl)CC1. The summed E-state index contributed by atoms with van der Waals surface area (Å²) >= 11 is 12.4. The van der Waals surface area contributed by atoms with E-state index in [1.165, 1.54) is 12.1 Å². The third kappa shape index (κ3) is 9.41. The lowest BCUT2D eigenvalue weighted by atomic mass is 9.89. The topological polar surface area (TPSA) is 24.9 Å². The van der Waals surface area contributed by atoms with Gasteiger partial charge in [-0.1, -0.05) is 61.3 Å². The van der Waals surface area contributed by atoms with Crippen molar-refractivity contribution in [1.29, 1.82) is 0 Å². The summed E-state index contributed by atoms with van der Waals surface area (Å²) < 4.78 is 58.1. The minimum atomic E-state index is -2.84. The zero-order valence-corrected chi connectivity index (χ0v) is 24.0. The third-order valence-corrected chi connectivity index (χ3v) is 8.27. The number of piperidine rings is 2. The molecular formula is C29H38Cl2F4N2O2. The molecule has 39 heavy (non-hydrogen) atoms. The van der Waals surface area contributed by atoms with Crippen molar-refractivity contribution in [2.75, 3.05) is 39.3 Å². The molecule has 0 amide bonds. The maximum Gasteiger partial charge on any atom is 0.387 e. The predicted molar refractivity (Wildman–Crippen MR) is 149 cm³/mol. The molecule has 4 rings (SSSR count). The van der Waals surface area contributed by atoms with Crippen molar-refractivity contribution in [1.82, 2.24) is 9.80 Å². The Labute approximate surface area is 239 Å². The Balaban J connectivity index is 0.000000216. The molecule has 10 heteroatoms. The standard InChI is InChI=1S/C15H20ClF2NO.C14H18ClF2NO/c1-2-8-19-9-6-11(7-10-19)12-4-3-5-13(14(12)16)20-15(17)18;1-2-18-8-6-10(7-9-18)11-4-3-5-12(13(11)15)19-14(16)17/h3-5,11,15H,2,6-10H2,1H3;3-5,10,14H,2,6-9H2,1H3. The van der Waals surface area contributed by atoms with E-state index in [1.807, 2.05) is 12.1 Å². The Morgan fingerprint density at radius 3 is 1.49 bits per heavy atom. The molecule has 4 nitrogen and oxygen atoms in total. The predicted octanol–water partition coefficient (Wildman–Crippen LogP) is 8.67. The second kappa shape index (κ2) is 15.9. The number of rotatable bonds is 9. The Bertz CT molecular complexity index is 1010. The highest BCUT2D eigenvalue weighted by atomic mass is 35.5. The Morgan fingerprint density at radius 2 is 1.13 bits per heavy atom. The molecule has 0 N–H and O–H groups in total. The fraction of sp³-hybridized carbons (Fsp3) is 0.586. The largest absolute Gasteiger partial charge is 0.433 e. The van der Waals surface area contributed by atoms with E-state index >= 15 is 0 Å². The van der Waals surface area contributed by atoms with Crippen LogP contribution in [0.2, 0.25) is 10.0 Å². The van der Waals surface area contributed by atoms with Crippen LogP contribution >= 0.6 is 23.2 Å². The molecule has 2 aromatic rings. The lowest BCUT2D eigenvalue weighted by Crippen LogP contribution is -2.33. The zero-order valence-electron chi connectivity index (χ0n) is 22.5. The Kier molecular flexibility index (Phi) is 13.0. The lowest BCUT2D eigenvalue weighted by molar-refractivity contribution is -0.0505. The average molecular weight is 594 g/mol. The van der Waals surface area contributed by atoms with Crippen LogP contribution in [0, 0.1) is 0 Å². The van der Waals surface area contributed by atoms with Crippen molar-refractivity contribution >= 4 is 23.2 Å². The van der Waals surface area contributed by atoms with Gasteiger partial charge in [0.05, 0.1) is 10.0 Å². The van der Waals surface area contributed by atoms with Gasteiger partial charge < -0.3 is 19.3 Å². The highest BCUT2D eigenvalue weighted by Crippen LogP contribution is 2.39. The number of hydrogen-bond donors (Lipinski definition) is 0. The molecule has 0 saturated carbocycles. The molecule has 0 atom stereocenters. The van der Waals surface area contributed by atoms with Gasteiger partial charge in [0.15, 0.2) is 0 Å². The molecular weight excluding hydrogens is 555 g/mol. The first-order chi connectivity index (χ1) is 18.7. The minimum Gasteiger partial charge on any atom is -0.433 e. The summed E-state index contributed by atoms with van der Waals surface area (Å²) in [6.07, 6.45) is 5.19. The van der Waals surface area contributed by atoms with Crippen molar-refractivity contribution < 1.29 is 27.0 Å². The van der Waals surface area contributed by atoms with E-state index in [2.05, 4.69) is 33.1 Å². The number of likely N-dealkylation sites (tertiary alicyclic amines) is 2. The number of benzene rings is 2. The molecule has 0 aromatic heterocycles. The van der Waals surface area contributed by atoms with Crippen molar-refractivity contribution in [3.8, 4) is 11.5 Å². The van der Waals surface area contributed by atoms with Crippen LogP contribution in [0.3, 0.4) is 0 Å². The van der Waals surface area contributed by atoms with Gasteiger partial charge in [-0.15, -0.1) is 0 Å². The van der Waals surface area contributed by atoms with E-state index in [1.54, 1.807) is 12.1 Å². The van der Waals surface area contributed by atoms with E-state index in [4.69, 9.17) is 23.2 Å². The fourth-order valence-electron chi connectivity index (χ4n) is 5.40. The summed E-state index contributed by atoms with van der Waals surface area (Å²) in [4.78, 5) is 4.81. The second-order valence-corrected chi connectivity index (χ2v) is 10.7. The smallest absolute Gasteiger partial charge is 0.387 e. The van der Waals surface area contributed by atoms with Gasteiger partial charge in [-0.2, -0.15) is 17.6 Å². The molecule has 0 spiro atoms. The van der Waals surface area contributed by atoms with E-state index in [9.17, 15) is 17.6 Å². The first-order valence-electron chi connectivity index (χ1n) is 13.6. The van der Waals surface area contributed by atoms with Crippen LogP contribution < -0.4 is 9.47 Å². The van der Waals surface area contributed by atoms with Gasteiger partial charge in [0.2, 0.25) is 0 Å². The van der Waals surface area contributed by atoms with Gasteiger partial charge in [-0.25, -0.2) is 0 Å². The van der Waals surface area contributed by atoms with Crippen LogP contribution in [0.4, 0.5) is 17.6 Å².